The Kier molecular flexibility index (Phi) is 3.79. The Hall–Kier alpha value is -3.18. The first-order chi connectivity index (χ1) is 11.4. The topological polar surface area (TPSA) is 114 Å². The minimum Gasteiger partial charge on any atom is -0.369 e. The first-order valence-corrected chi connectivity index (χ1v) is 7.22. The molecule has 24 heavy (non-hydrogen) atoms. The van der Waals surface area contributed by atoms with Crippen molar-refractivity contribution >= 4 is 11.8 Å². The molecule has 1 atom stereocenters. The molecule has 1 fully saturated rings. The Morgan fingerprint density at radius 1 is 1.46 bits per heavy atom. The summed E-state index contributed by atoms with van der Waals surface area (Å²) in [5.41, 5.74) is 4.21. The van der Waals surface area contributed by atoms with Crippen molar-refractivity contribution in [3.05, 3.63) is 41.9 Å². The first kappa shape index (κ1) is 15.7. The summed E-state index contributed by atoms with van der Waals surface area (Å²) in [6.07, 6.45) is 3.36. The van der Waals surface area contributed by atoms with E-state index in [1.54, 1.807) is 25.4 Å². The second kappa shape index (κ2) is 5.79. The van der Waals surface area contributed by atoms with Crippen LogP contribution in [0.4, 0.5) is 0 Å². The van der Waals surface area contributed by atoms with Gasteiger partial charge in [0.15, 0.2) is 5.82 Å². The molecule has 0 bridgehead atoms. The van der Waals surface area contributed by atoms with E-state index in [4.69, 9.17) is 5.73 Å². The van der Waals surface area contributed by atoms with E-state index in [1.807, 2.05) is 0 Å². The van der Waals surface area contributed by atoms with Crippen LogP contribution < -0.4 is 5.73 Å². The molecule has 1 aliphatic rings. The lowest BCUT2D eigenvalue weighted by Gasteiger charge is -2.13. The van der Waals surface area contributed by atoms with Gasteiger partial charge in [0, 0.05) is 38.0 Å². The van der Waals surface area contributed by atoms with Crippen molar-refractivity contribution in [3.63, 3.8) is 0 Å². The maximum absolute atomic E-state index is 11.9. The molecule has 2 amide bonds. The summed E-state index contributed by atoms with van der Waals surface area (Å²) in [6, 6.07) is 4.77. The average molecular weight is 325 g/mol. The highest BCUT2D eigenvalue weighted by Gasteiger charge is 2.42. The highest BCUT2D eigenvalue weighted by molar-refractivity contribution is 5.91. The number of primary amides is 1. The maximum atomic E-state index is 11.9. The van der Waals surface area contributed by atoms with Gasteiger partial charge < -0.3 is 15.7 Å². The highest BCUT2D eigenvalue weighted by atomic mass is 16.3. The molecule has 3 rings (SSSR count). The number of likely N-dealkylation sites (N-methyl/N-ethyl adjacent to an activating group) is 1. The molecule has 3 heterocycles. The normalized spacial score (nSPS) is 19.9. The molecule has 0 saturated carbocycles. The monoisotopic (exact) mass is 325 g/mol. The zero-order valence-electron chi connectivity index (χ0n) is 12.9. The van der Waals surface area contributed by atoms with E-state index in [2.05, 4.69) is 21.9 Å². The molecule has 1 aliphatic heterocycles. The lowest BCUT2D eigenvalue weighted by molar-refractivity contribution is -0.137. The maximum Gasteiger partial charge on any atom is 0.269 e. The predicted octanol–water partition coefficient (Wildman–Crippen LogP) is -0.689. The average Bonchev–Trinajstić information content (AvgIpc) is 3.16. The number of nitrogens with zero attached hydrogens (tertiary/aromatic N) is 4. The van der Waals surface area contributed by atoms with Crippen molar-refractivity contribution in [1.82, 2.24) is 19.7 Å². The van der Waals surface area contributed by atoms with Crippen molar-refractivity contribution in [2.75, 3.05) is 13.6 Å². The van der Waals surface area contributed by atoms with Gasteiger partial charge in [0.1, 0.15) is 5.69 Å². The van der Waals surface area contributed by atoms with Crippen LogP contribution >= 0.6 is 0 Å². The molecule has 8 nitrogen and oxygen atoms in total. The fourth-order valence-electron chi connectivity index (χ4n) is 2.35. The quantitative estimate of drug-likeness (QED) is 0.709. The van der Waals surface area contributed by atoms with Crippen molar-refractivity contribution < 1.29 is 14.7 Å². The highest BCUT2D eigenvalue weighted by Crippen LogP contribution is 2.20. The third-order valence-electron chi connectivity index (χ3n) is 3.74. The molecule has 0 aliphatic carbocycles. The summed E-state index contributed by atoms with van der Waals surface area (Å²) in [5, 5.41) is 14.3. The number of rotatable bonds is 2. The number of carbonyl (C=O) groups is 2. The Labute approximate surface area is 137 Å². The first-order valence-electron chi connectivity index (χ1n) is 7.22. The molecule has 122 valence electrons. The largest absolute Gasteiger partial charge is 0.369 e. The van der Waals surface area contributed by atoms with E-state index in [9.17, 15) is 14.7 Å². The summed E-state index contributed by atoms with van der Waals surface area (Å²) in [6.45, 7) is 0.467. The second-order valence-electron chi connectivity index (χ2n) is 5.50. The fraction of sp³-hybridized carbons (Fsp3) is 0.250. The molecule has 2 aromatic heterocycles. The van der Waals surface area contributed by atoms with Crippen LogP contribution in [0.3, 0.4) is 0 Å². The van der Waals surface area contributed by atoms with E-state index in [1.165, 1.54) is 21.8 Å². The second-order valence-corrected chi connectivity index (χ2v) is 5.50. The molecule has 0 radical (unpaired) electrons. The Morgan fingerprint density at radius 3 is 2.88 bits per heavy atom. The van der Waals surface area contributed by atoms with Crippen LogP contribution in [-0.4, -0.2) is 55.8 Å². The van der Waals surface area contributed by atoms with Crippen molar-refractivity contribution in [2.45, 2.75) is 12.0 Å². The molecule has 0 spiro atoms. The predicted molar refractivity (Wildman–Crippen MR) is 84.0 cm³/mol. The van der Waals surface area contributed by atoms with Gasteiger partial charge in [-0.05, 0) is 18.2 Å². The van der Waals surface area contributed by atoms with Gasteiger partial charge in [-0.3, -0.25) is 9.59 Å². The number of likely N-dealkylation sites (tertiary alicyclic amines) is 1. The van der Waals surface area contributed by atoms with Crippen LogP contribution in [-0.2, 0) is 4.79 Å². The molecule has 2 aromatic rings. The molecular weight excluding hydrogens is 310 g/mol. The molecule has 8 heteroatoms. The third-order valence-corrected chi connectivity index (χ3v) is 3.74. The zero-order chi connectivity index (χ0) is 17.3. The standard InChI is InChI=1S/C16H15N5O3/c1-20-9-6-16(24,15(20)23)5-2-11-3-7-18-13(10-11)21-8-4-12(19-21)14(17)22/h3-4,7-8,10,24H,6,9H2,1H3,(H2,17,22)/t16-/m0/s1. The molecule has 1 saturated heterocycles. The number of carbonyl (C=O) groups excluding carboxylic acids is 2. The van der Waals surface area contributed by atoms with Gasteiger partial charge in [-0.15, -0.1) is 0 Å². The number of pyridine rings is 1. The number of hydrogen-bond donors (Lipinski definition) is 2. The Balaban J connectivity index is 1.88. The van der Waals surface area contributed by atoms with Crippen LogP contribution in [0.2, 0.25) is 0 Å². The number of amides is 2. The van der Waals surface area contributed by atoms with Gasteiger partial charge in [-0.25, -0.2) is 9.67 Å². The Morgan fingerprint density at radius 2 is 2.25 bits per heavy atom. The summed E-state index contributed by atoms with van der Waals surface area (Å²) < 4.78 is 1.40. The molecular formula is C16H15N5O3. The van der Waals surface area contributed by atoms with Gasteiger partial charge >= 0.3 is 0 Å². The lowest BCUT2D eigenvalue weighted by Crippen LogP contribution is -2.37. The third kappa shape index (κ3) is 2.85. The van der Waals surface area contributed by atoms with Gasteiger partial charge in [0.2, 0.25) is 5.60 Å². The van der Waals surface area contributed by atoms with Crippen LogP contribution in [0.1, 0.15) is 22.5 Å². The molecule has 3 N–H and O–H groups in total. The van der Waals surface area contributed by atoms with Gasteiger partial charge in [-0.1, -0.05) is 11.8 Å². The van der Waals surface area contributed by atoms with E-state index in [0.717, 1.165) is 0 Å². The van der Waals surface area contributed by atoms with E-state index in [0.29, 0.717) is 17.9 Å². The van der Waals surface area contributed by atoms with Crippen molar-refractivity contribution in [2.24, 2.45) is 5.73 Å². The molecule has 0 aromatic carbocycles. The number of hydrogen-bond acceptors (Lipinski definition) is 5. The number of aromatic nitrogens is 3. The van der Waals surface area contributed by atoms with Crippen LogP contribution in [0, 0.1) is 11.8 Å². The van der Waals surface area contributed by atoms with E-state index in [-0.39, 0.29) is 12.1 Å². The van der Waals surface area contributed by atoms with Crippen molar-refractivity contribution in [1.29, 1.82) is 0 Å². The number of aliphatic hydroxyl groups is 1. The number of nitrogens with two attached hydrogens (primary N) is 1. The summed E-state index contributed by atoms with van der Waals surface area (Å²) in [4.78, 5) is 28.6. The van der Waals surface area contributed by atoms with Gasteiger partial charge in [-0.2, -0.15) is 5.10 Å². The summed E-state index contributed by atoms with van der Waals surface area (Å²) in [5.74, 6) is 4.85. The van der Waals surface area contributed by atoms with E-state index < -0.39 is 17.4 Å². The Bertz CT molecular complexity index is 879. The smallest absolute Gasteiger partial charge is 0.269 e. The minimum atomic E-state index is -1.65. The minimum absolute atomic E-state index is 0.127. The van der Waals surface area contributed by atoms with Gasteiger partial charge in [0.25, 0.3) is 11.8 Å². The summed E-state index contributed by atoms with van der Waals surface area (Å²) >= 11 is 0. The van der Waals surface area contributed by atoms with Crippen LogP contribution in [0.5, 0.6) is 0 Å². The summed E-state index contributed by atoms with van der Waals surface area (Å²) in [7, 11) is 1.63. The van der Waals surface area contributed by atoms with Gasteiger partial charge in [0.05, 0.1) is 0 Å². The zero-order valence-corrected chi connectivity index (χ0v) is 12.9. The molecule has 0 unspecified atom stereocenters. The van der Waals surface area contributed by atoms with Crippen LogP contribution in [0.25, 0.3) is 5.82 Å². The van der Waals surface area contributed by atoms with Crippen molar-refractivity contribution in [3.8, 4) is 17.7 Å². The van der Waals surface area contributed by atoms with Crippen LogP contribution in [0.15, 0.2) is 30.6 Å². The lowest BCUT2D eigenvalue weighted by atomic mass is 10.0. The van der Waals surface area contributed by atoms with E-state index >= 15 is 0 Å². The SMILES string of the molecule is CN1CC[C@@](O)(C#Cc2ccnc(-n3ccc(C(N)=O)n3)c2)C1=O. The fourth-order valence-corrected chi connectivity index (χ4v) is 2.35.